The molecule has 104 valence electrons. The van der Waals surface area contributed by atoms with E-state index in [1.54, 1.807) is 0 Å². The molecule has 0 spiro atoms. The molecule has 0 atom stereocenters. The van der Waals surface area contributed by atoms with Crippen LogP contribution in [-0.2, 0) is 10.0 Å². The summed E-state index contributed by atoms with van der Waals surface area (Å²) in [6, 6.07) is 1.50. The molecule has 1 aromatic rings. The summed E-state index contributed by atoms with van der Waals surface area (Å²) in [7, 11) is -3.50. The van der Waals surface area contributed by atoms with Crippen molar-refractivity contribution in [2.75, 3.05) is 13.1 Å². The van der Waals surface area contributed by atoms with Gasteiger partial charge in [-0.25, -0.2) is 13.1 Å². The minimum atomic E-state index is -3.50. The monoisotopic (exact) mass is 281 g/mol. The molecule has 0 saturated heterocycles. The molecule has 0 unspecified atom stereocenters. The second kappa shape index (κ2) is 7.89. The van der Waals surface area contributed by atoms with Crippen molar-refractivity contribution in [3.63, 3.8) is 0 Å². The van der Waals surface area contributed by atoms with E-state index in [0.29, 0.717) is 12.1 Å². The summed E-state index contributed by atoms with van der Waals surface area (Å²) in [5, 5.41) is 0. The highest BCUT2D eigenvalue weighted by Crippen LogP contribution is 2.09. The van der Waals surface area contributed by atoms with E-state index in [1.165, 1.54) is 18.5 Å². The molecule has 0 aromatic carbocycles. The summed E-state index contributed by atoms with van der Waals surface area (Å²) in [6.45, 7) is 2.74. The van der Waals surface area contributed by atoms with Gasteiger partial charge < -0.3 is 5.73 Å². The van der Waals surface area contributed by atoms with Crippen LogP contribution in [0.4, 0.5) is 0 Å². The predicted molar refractivity (Wildman–Crippen MR) is 74.9 cm³/mol. The standard InChI is InChI=1S/C13H19N3O2S/c1-2-3-4-8-16-19(17,18)13-9-12(6-5-7-14)10-15-11-13/h9-11,16H,2-4,7-8,14H2,1H3. The van der Waals surface area contributed by atoms with Gasteiger partial charge in [0.05, 0.1) is 6.54 Å². The molecule has 0 fully saturated rings. The highest BCUT2D eigenvalue weighted by molar-refractivity contribution is 7.89. The van der Waals surface area contributed by atoms with Gasteiger partial charge in [0.25, 0.3) is 0 Å². The van der Waals surface area contributed by atoms with E-state index < -0.39 is 10.0 Å². The van der Waals surface area contributed by atoms with E-state index in [9.17, 15) is 8.42 Å². The van der Waals surface area contributed by atoms with Gasteiger partial charge in [-0.1, -0.05) is 31.6 Å². The van der Waals surface area contributed by atoms with Crippen LogP contribution in [0.1, 0.15) is 31.7 Å². The Morgan fingerprint density at radius 2 is 2.16 bits per heavy atom. The summed E-state index contributed by atoms with van der Waals surface area (Å²) >= 11 is 0. The number of nitrogens with zero attached hydrogens (tertiary/aromatic N) is 1. The summed E-state index contributed by atoms with van der Waals surface area (Å²) in [5.41, 5.74) is 5.81. The van der Waals surface area contributed by atoms with E-state index in [2.05, 4.69) is 28.5 Å². The summed E-state index contributed by atoms with van der Waals surface area (Å²) < 4.78 is 26.5. The Balaban J connectivity index is 2.77. The van der Waals surface area contributed by atoms with Crippen LogP contribution in [0.25, 0.3) is 0 Å². The molecule has 1 rings (SSSR count). The fourth-order valence-corrected chi connectivity index (χ4v) is 2.51. The van der Waals surface area contributed by atoms with Gasteiger partial charge in [-0.05, 0) is 12.5 Å². The lowest BCUT2D eigenvalue weighted by Gasteiger charge is -2.06. The lowest BCUT2D eigenvalue weighted by molar-refractivity contribution is 0.575. The van der Waals surface area contributed by atoms with Crippen LogP contribution >= 0.6 is 0 Å². The van der Waals surface area contributed by atoms with Gasteiger partial charge >= 0.3 is 0 Å². The number of hydrogen-bond acceptors (Lipinski definition) is 4. The Kier molecular flexibility index (Phi) is 6.50. The minimum Gasteiger partial charge on any atom is -0.320 e. The molecule has 0 aliphatic heterocycles. The van der Waals surface area contributed by atoms with Crippen molar-refractivity contribution in [1.82, 2.24) is 9.71 Å². The molecule has 1 heterocycles. The fourth-order valence-electron chi connectivity index (χ4n) is 1.45. The molecule has 0 saturated carbocycles. The van der Waals surface area contributed by atoms with Crippen LogP contribution in [0, 0.1) is 11.8 Å². The van der Waals surface area contributed by atoms with Crippen LogP contribution < -0.4 is 10.5 Å². The number of unbranched alkanes of at least 4 members (excludes halogenated alkanes) is 2. The maximum Gasteiger partial charge on any atom is 0.242 e. The fraction of sp³-hybridized carbons (Fsp3) is 0.462. The van der Waals surface area contributed by atoms with E-state index >= 15 is 0 Å². The highest BCUT2D eigenvalue weighted by atomic mass is 32.2. The van der Waals surface area contributed by atoms with Crippen molar-refractivity contribution in [2.24, 2.45) is 5.73 Å². The van der Waals surface area contributed by atoms with Crippen LogP contribution in [-0.4, -0.2) is 26.5 Å². The van der Waals surface area contributed by atoms with Crippen LogP contribution in [0.3, 0.4) is 0 Å². The first-order valence-corrected chi connectivity index (χ1v) is 7.72. The number of pyridine rings is 1. The quantitative estimate of drug-likeness (QED) is 0.598. The van der Waals surface area contributed by atoms with Crippen LogP contribution in [0.5, 0.6) is 0 Å². The van der Waals surface area contributed by atoms with Gasteiger partial charge in [-0.3, -0.25) is 4.98 Å². The first kappa shape index (κ1) is 15.6. The maximum atomic E-state index is 12.0. The first-order valence-electron chi connectivity index (χ1n) is 6.24. The molecule has 0 aliphatic rings. The zero-order valence-electron chi connectivity index (χ0n) is 11.0. The van der Waals surface area contributed by atoms with Gasteiger partial charge in [0, 0.05) is 24.5 Å². The summed E-state index contributed by atoms with van der Waals surface area (Å²) in [4.78, 5) is 4.02. The minimum absolute atomic E-state index is 0.132. The molecule has 6 heteroatoms. The van der Waals surface area contributed by atoms with Crippen molar-refractivity contribution < 1.29 is 8.42 Å². The third kappa shape index (κ3) is 5.39. The molecule has 1 aromatic heterocycles. The van der Waals surface area contributed by atoms with Crippen molar-refractivity contribution in [3.8, 4) is 11.8 Å². The second-order valence-corrected chi connectivity index (χ2v) is 5.79. The lowest BCUT2D eigenvalue weighted by atomic mass is 10.3. The van der Waals surface area contributed by atoms with Gasteiger partial charge in [-0.15, -0.1) is 0 Å². The van der Waals surface area contributed by atoms with Crippen molar-refractivity contribution in [1.29, 1.82) is 0 Å². The van der Waals surface area contributed by atoms with Gasteiger partial charge in [-0.2, -0.15) is 0 Å². The van der Waals surface area contributed by atoms with E-state index in [0.717, 1.165) is 19.3 Å². The molecule has 0 amide bonds. The zero-order valence-corrected chi connectivity index (χ0v) is 11.8. The summed E-state index contributed by atoms with van der Waals surface area (Å²) in [6.07, 6.45) is 5.71. The number of nitrogens with two attached hydrogens (primary N) is 1. The Bertz CT molecular complexity index is 559. The van der Waals surface area contributed by atoms with E-state index in [1.807, 2.05) is 0 Å². The predicted octanol–water partition coefficient (Wildman–Crippen LogP) is 0.860. The van der Waals surface area contributed by atoms with Crippen molar-refractivity contribution in [3.05, 3.63) is 24.0 Å². The topological polar surface area (TPSA) is 85.1 Å². The third-order valence-corrected chi connectivity index (χ3v) is 3.86. The Morgan fingerprint density at radius 1 is 1.37 bits per heavy atom. The number of sulfonamides is 1. The second-order valence-electron chi connectivity index (χ2n) is 4.02. The average molecular weight is 281 g/mol. The molecule has 19 heavy (non-hydrogen) atoms. The van der Waals surface area contributed by atoms with Gasteiger partial charge in [0.1, 0.15) is 4.90 Å². The molecular weight excluding hydrogens is 262 g/mol. The smallest absolute Gasteiger partial charge is 0.242 e. The Labute approximate surface area is 114 Å². The van der Waals surface area contributed by atoms with Crippen molar-refractivity contribution >= 4 is 10.0 Å². The summed E-state index contributed by atoms with van der Waals surface area (Å²) in [5.74, 6) is 5.43. The lowest BCUT2D eigenvalue weighted by Crippen LogP contribution is -2.25. The van der Waals surface area contributed by atoms with Crippen LogP contribution in [0.2, 0.25) is 0 Å². The first-order chi connectivity index (χ1) is 9.10. The highest BCUT2D eigenvalue weighted by Gasteiger charge is 2.13. The van der Waals surface area contributed by atoms with E-state index in [4.69, 9.17) is 5.73 Å². The molecular formula is C13H19N3O2S. The number of nitrogens with one attached hydrogen (secondary N) is 1. The molecule has 3 N–H and O–H groups in total. The Morgan fingerprint density at radius 3 is 2.84 bits per heavy atom. The average Bonchev–Trinajstić information content (AvgIpc) is 2.42. The number of aromatic nitrogens is 1. The Hall–Kier alpha value is -1.42. The molecule has 0 aliphatic carbocycles. The van der Waals surface area contributed by atoms with Crippen LogP contribution in [0.15, 0.2) is 23.4 Å². The van der Waals surface area contributed by atoms with E-state index in [-0.39, 0.29) is 11.4 Å². The third-order valence-electron chi connectivity index (χ3n) is 2.43. The SMILES string of the molecule is CCCCCNS(=O)(=O)c1cncc(C#CCN)c1. The molecule has 0 bridgehead atoms. The molecule has 0 radical (unpaired) electrons. The molecule has 5 nitrogen and oxygen atoms in total. The maximum absolute atomic E-state index is 12.0. The number of rotatable bonds is 6. The number of hydrogen-bond donors (Lipinski definition) is 2. The van der Waals surface area contributed by atoms with Gasteiger partial charge in [0.15, 0.2) is 0 Å². The largest absolute Gasteiger partial charge is 0.320 e. The van der Waals surface area contributed by atoms with Crippen molar-refractivity contribution in [2.45, 2.75) is 31.1 Å². The van der Waals surface area contributed by atoms with Gasteiger partial charge in [0.2, 0.25) is 10.0 Å². The normalized spacial score (nSPS) is 10.8. The zero-order chi connectivity index (χ0) is 14.1.